The van der Waals surface area contributed by atoms with Gasteiger partial charge in [0.1, 0.15) is 11.2 Å². The molecule has 2 heterocycles. The molecule has 0 amide bonds. The van der Waals surface area contributed by atoms with Gasteiger partial charge >= 0.3 is 0 Å². The second kappa shape index (κ2) is 7.74. The number of aryl methyl sites for hydroxylation is 1. The van der Waals surface area contributed by atoms with Crippen molar-refractivity contribution in [3.05, 3.63) is 56.6 Å². The van der Waals surface area contributed by atoms with Gasteiger partial charge in [-0.2, -0.15) is 0 Å². The van der Waals surface area contributed by atoms with Crippen molar-refractivity contribution in [3.63, 3.8) is 0 Å². The minimum absolute atomic E-state index is 0.0901. The molecule has 0 N–H and O–H groups in total. The molecule has 7 heteroatoms. The van der Waals surface area contributed by atoms with Gasteiger partial charge in [0.15, 0.2) is 0 Å². The maximum Gasteiger partial charge on any atom is 0.272 e. The maximum absolute atomic E-state index is 12.8. The van der Waals surface area contributed by atoms with Crippen molar-refractivity contribution in [3.8, 4) is 11.3 Å². The topological polar surface area (TPSA) is 57.0 Å². The highest BCUT2D eigenvalue weighted by molar-refractivity contribution is 6.36. The fourth-order valence-electron chi connectivity index (χ4n) is 3.06. The van der Waals surface area contributed by atoms with E-state index >= 15 is 0 Å². The predicted octanol–water partition coefficient (Wildman–Crippen LogP) is 4.67. The van der Waals surface area contributed by atoms with E-state index in [2.05, 4.69) is 9.97 Å². The normalized spacial score (nSPS) is 12.5. The summed E-state index contributed by atoms with van der Waals surface area (Å²) < 4.78 is 7.05. The van der Waals surface area contributed by atoms with Crippen LogP contribution in [0.1, 0.15) is 25.1 Å². The molecule has 1 aromatic carbocycles. The van der Waals surface area contributed by atoms with Crippen molar-refractivity contribution in [2.45, 2.75) is 26.3 Å². The van der Waals surface area contributed by atoms with E-state index in [-0.39, 0.29) is 11.6 Å². The Kier molecular flexibility index (Phi) is 5.61. The van der Waals surface area contributed by atoms with Gasteiger partial charge in [-0.05, 0) is 37.6 Å². The van der Waals surface area contributed by atoms with E-state index in [0.29, 0.717) is 39.1 Å². The SMILES string of the molecule is CCC(COC)n1c(=O)c(C)nc2c(-c3ccc(Cl)cc3Cl)nccc21. The molecule has 0 saturated heterocycles. The zero-order chi connectivity index (χ0) is 18.8. The Morgan fingerprint density at radius 3 is 2.69 bits per heavy atom. The third kappa shape index (κ3) is 3.34. The molecule has 3 rings (SSSR count). The van der Waals surface area contributed by atoms with E-state index in [1.165, 1.54) is 0 Å². The smallest absolute Gasteiger partial charge is 0.272 e. The van der Waals surface area contributed by atoms with Crippen LogP contribution >= 0.6 is 23.2 Å². The first-order valence-corrected chi connectivity index (χ1v) is 9.05. The Morgan fingerprint density at radius 2 is 2.04 bits per heavy atom. The third-order valence-electron chi connectivity index (χ3n) is 4.35. The summed E-state index contributed by atoms with van der Waals surface area (Å²) >= 11 is 12.4. The molecular weight excluding hydrogens is 373 g/mol. The minimum Gasteiger partial charge on any atom is -0.383 e. The number of fused-ring (bicyclic) bond motifs is 1. The van der Waals surface area contributed by atoms with Gasteiger partial charge in [0.2, 0.25) is 0 Å². The molecule has 0 spiro atoms. The van der Waals surface area contributed by atoms with Crippen LogP contribution in [0.4, 0.5) is 0 Å². The average molecular weight is 392 g/mol. The number of halogens is 2. The number of hydrogen-bond donors (Lipinski definition) is 0. The van der Waals surface area contributed by atoms with Crippen molar-refractivity contribution < 1.29 is 4.74 Å². The monoisotopic (exact) mass is 391 g/mol. The van der Waals surface area contributed by atoms with Crippen molar-refractivity contribution in [1.29, 1.82) is 0 Å². The summed E-state index contributed by atoms with van der Waals surface area (Å²) in [7, 11) is 1.63. The van der Waals surface area contributed by atoms with Gasteiger partial charge in [0, 0.05) is 23.9 Å². The van der Waals surface area contributed by atoms with E-state index in [1.807, 2.05) is 13.0 Å². The number of hydrogen-bond acceptors (Lipinski definition) is 4. The summed E-state index contributed by atoms with van der Waals surface area (Å²) in [6, 6.07) is 6.95. The molecule has 5 nitrogen and oxygen atoms in total. The first-order valence-electron chi connectivity index (χ1n) is 8.30. The Bertz CT molecular complexity index is 1020. The van der Waals surface area contributed by atoms with E-state index < -0.39 is 0 Å². The molecule has 0 fully saturated rings. The summed E-state index contributed by atoms with van der Waals surface area (Å²) in [6.07, 6.45) is 2.42. The number of ether oxygens (including phenoxy) is 1. The summed E-state index contributed by atoms with van der Waals surface area (Å²) in [5.41, 5.74) is 2.96. The zero-order valence-corrected chi connectivity index (χ0v) is 16.3. The molecule has 1 atom stereocenters. The van der Waals surface area contributed by atoms with Crippen LogP contribution in [0.15, 0.2) is 35.3 Å². The fraction of sp³-hybridized carbons (Fsp3) is 0.316. The van der Waals surface area contributed by atoms with Crippen LogP contribution in [0.2, 0.25) is 10.0 Å². The number of methoxy groups -OCH3 is 1. The first kappa shape index (κ1) is 18.8. The quantitative estimate of drug-likeness (QED) is 0.633. The lowest BCUT2D eigenvalue weighted by atomic mass is 10.1. The van der Waals surface area contributed by atoms with Crippen LogP contribution in [-0.4, -0.2) is 28.3 Å². The first-order chi connectivity index (χ1) is 12.5. The van der Waals surface area contributed by atoms with E-state index in [1.54, 1.807) is 43.0 Å². The van der Waals surface area contributed by atoms with Gasteiger partial charge in [-0.3, -0.25) is 14.3 Å². The van der Waals surface area contributed by atoms with Gasteiger partial charge in [-0.15, -0.1) is 0 Å². The summed E-state index contributed by atoms with van der Waals surface area (Å²) in [4.78, 5) is 21.8. The molecule has 0 bridgehead atoms. The zero-order valence-electron chi connectivity index (χ0n) is 14.8. The van der Waals surface area contributed by atoms with Crippen LogP contribution in [-0.2, 0) is 4.74 Å². The second-order valence-corrected chi connectivity index (χ2v) is 6.88. The molecule has 136 valence electrons. The fourth-order valence-corrected chi connectivity index (χ4v) is 3.55. The molecule has 0 aliphatic rings. The number of aromatic nitrogens is 3. The van der Waals surface area contributed by atoms with Crippen molar-refractivity contribution in [2.75, 3.05) is 13.7 Å². The van der Waals surface area contributed by atoms with Crippen LogP contribution in [0.5, 0.6) is 0 Å². The standard InChI is InChI=1S/C19H19Cl2N3O2/c1-4-13(10-26-3)24-16-7-8-22-17(18(16)23-11(2)19(24)25)14-6-5-12(20)9-15(14)21/h5-9,13H,4,10H2,1-3H3. The van der Waals surface area contributed by atoms with Crippen molar-refractivity contribution >= 4 is 34.2 Å². The highest BCUT2D eigenvalue weighted by Gasteiger charge is 2.19. The second-order valence-electron chi connectivity index (χ2n) is 6.04. The van der Waals surface area contributed by atoms with Crippen molar-refractivity contribution in [2.24, 2.45) is 0 Å². The van der Waals surface area contributed by atoms with Crippen LogP contribution in [0.25, 0.3) is 22.3 Å². The lowest BCUT2D eigenvalue weighted by Gasteiger charge is -2.21. The number of rotatable bonds is 5. The molecule has 0 aliphatic carbocycles. The Hall–Kier alpha value is -1.95. The number of nitrogens with zero attached hydrogens (tertiary/aromatic N) is 3. The Balaban J connectivity index is 2.35. The molecule has 0 radical (unpaired) electrons. The van der Waals surface area contributed by atoms with Gasteiger partial charge in [-0.25, -0.2) is 4.98 Å². The Labute approximate surface area is 161 Å². The summed E-state index contributed by atoms with van der Waals surface area (Å²) in [5.74, 6) is 0. The van der Waals surface area contributed by atoms with E-state index in [9.17, 15) is 4.79 Å². The van der Waals surface area contributed by atoms with Crippen LogP contribution < -0.4 is 5.56 Å². The van der Waals surface area contributed by atoms with Gasteiger partial charge in [0.25, 0.3) is 5.56 Å². The van der Waals surface area contributed by atoms with E-state index in [4.69, 9.17) is 27.9 Å². The molecule has 0 saturated carbocycles. The van der Waals surface area contributed by atoms with Gasteiger partial charge < -0.3 is 4.74 Å². The molecule has 0 aliphatic heterocycles. The summed E-state index contributed by atoms with van der Waals surface area (Å²) in [6.45, 7) is 4.17. The molecule has 26 heavy (non-hydrogen) atoms. The molecule has 1 unspecified atom stereocenters. The third-order valence-corrected chi connectivity index (χ3v) is 4.90. The van der Waals surface area contributed by atoms with Crippen LogP contribution in [0, 0.1) is 6.92 Å². The summed E-state index contributed by atoms with van der Waals surface area (Å²) in [5, 5.41) is 1.03. The molecule has 2 aromatic heterocycles. The van der Waals surface area contributed by atoms with Crippen LogP contribution in [0.3, 0.4) is 0 Å². The van der Waals surface area contributed by atoms with Crippen molar-refractivity contribution in [1.82, 2.24) is 14.5 Å². The molecule has 3 aromatic rings. The lowest BCUT2D eigenvalue weighted by molar-refractivity contribution is 0.153. The van der Waals surface area contributed by atoms with E-state index in [0.717, 1.165) is 12.0 Å². The minimum atomic E-state index is -0.124. The van der Waals surface area contributed by atoms with Gasteiger partial charge in [-0.1, -0.05) is 30.1 Å². The predicted molar refractivity (Wildman–Crippen MR) is 105 cm³/mol. The maximum atomic E-state index is 12.8. The number of pyridine rings is 1. The van der Waals surface area contributed by atoms with Gasteiger partial charge in [0.05, 0.1) is 28.9 Å². The molecular formula is C19H19Cl2N3O2. The largest absolute Gasteiger partial charge is 0.383 e. The lowest BCUT2D eigenvalue weighted by Crippen LogP contribution is -2.30. The number of benzene rings is 1. The highest BCUT2D eigenvalue weighted by Crippen LogP contribution is 2.33. The Morgan fingerprint density at radius 1 is 1.27 bits per heavy atom. The highest BCUT2D eigenvalue weighted by atomic mass is 35.5. The average Bonchev–Trinajstić information content (AvgIpc) is 2.61.